The molecule has 0 saturated carbocycles. The lowest BCUT2D eigenvalue weighted by Crippen LogP contribution is -1.91. The predicted molar refractivity (Wildman–Crippen MR) is 80.1 cm³/mol. The number of anilines is 1. The van der Waals surface area contributed by atoms with Crippen molar-refractivity contribution in [2.45, 2.75) is 0 Å². The van der Waals surface area contributed by atoms with Crippen LogP contribution >= 0.6 is 45.8 Å². The van der Waals surface area contributed by atoms with Crippen LogP contribution in [0.3, 0.4) is 0 Å². The summed E-state index contributed by atoms with van der Waals surface area (Å²) in [7, 11) is 0. The lowest BCUT2D eigenvalue weighted by atomic mass is 10.3. The Morgan fingerprint density at radius 3 is 2.47 bits per heavy atom. The highest BCUT2D eigenvalue weighted by Crippen LogP contribution is 2.34. The number of halogens is 3. The Morgan fingerprint density at radius 2 is 1.76 bits per heavy atom. The van der Waals surface area contributed by atoms with Gasteiger partial charge in [0.1, 0.15) is 11.5 Å². The summed E-state index contributed by atoms with van der Waals surface area (Å²) in [5.41, 5.74) is 6.36. The van der Waals surface area contributed by atoms with Gasteiger partial charge in [0.15, 0.2) is 0 Å². The number of ether oxygens (including phenoxy) is 1. The van der Waals surface area contributed by atoms with Crippen LogP contribution in [0.1, 0.15) is 0 Å². The zero-order valence-electron chi connectivity index (χ0n) is 8.58. The molecule has 0 unspecified atom stereocenters. The minimum absolute atomic E-state index is 0.516. The van der Waals surface area contributed by atoms with Gasteiger partial charge >= 0.3 is 0 Å². The number of nitrogens with two attached hydrogens (primary N) is 1. The molecule has 5 heteroatoms. The van der Waals surface area contributed by atoms with Crippen molar-refractivity contribution in [2.24, 2.45) is 0 Å². The molecular weight excluding hydrogens is 372 g/mol. The predicted octanol–water partition coefficient (Wildman–Crippen LogP) is 4.97. The van der Waals surface area contributed by atoms with Gasteiger partial charge in [0.2, 0.25) is 0 Å². The summed E-state index contributed by atoms with van der Waals surface area (Å²) in [6, 6.07) is 10.5. The van der Waals surface area contributed by atoms with Crippen LogP contribution < -0.4 is 10.5 Å². The van der Waals surface area contributed by atoms with E-state index < -0.39 is 0 Å². The van der Waals surface area contributed by atoms with Crippen LogP contribution in [-0.4, -0.2) is 0 Å². The van der Waals surface area contributed by atoms with E-state index in [9.17, 15) is 0 Å². The number of rotatable bonds is 2. The van der Waals surface area contributed by atoms with Crippen molar-refractivity contribution in [1.29, 1.82) is 0 Å². The first kappa shape index (κ1) is 12.8. The van der Waals surface area contributed by atoms with Gasteiger partial charge in [-0.25, -0.2) is 0 Å². The normalized spacial score (nSPS) is 10.3. The Bertz CT molecular complexity index is 560. The van der Waals surface area contributed by atoms with E-state index in [0.717, 1.165) is 3.57 Å². The summed E-state index contributed by atoms with van der Waals surface area (Å²) in [4.78, 5) is 0. The number of hydrogen-bond acceptors (Lipinski definition) is 2. The van der Waals surface area contributed by atoms with Crippen molar-refractivity contribution in [2.75, 3.05) is 5.73 Å². The minimum atomic E-state index is 0.516. The minimum Gasteiger partial charge on any atom is -0.455 e. The van der Waals surface area contributed by atoms with Gasteiger partial charge in [-0.2, -0.15) is 0 Å². The van der Waals surface area contributed by atoms with Crippen LogP contribution in [0.25, 0.3) is 0 Å². The number of nitrogen functional groups attached to an aromatic ring is 1. The first-order valence-electron chi connectivity index (χ1n) is 4.74. The average molecular weight is 380 g/mol. The van der Waals surface area contributed by atoms with Crippen LogP contribution in [0.5, 0.6) is 11.5 Å². The molecule has 88 valence electrons. The maximum Gasteiger partial charge on any atom is 0.147 e. The summed E-state index contributed by atoms with van der Waals surface area (Å²) < 4.78 is 6.61. The van der Waals surface area contributed by atoms with E-state index in [1.165, 1.54) is 0 Å². The van der Waals surface area contributed by atoms with Crippen LogP contribution in [-0.2, 0) is 0 Å². The molecule has 0 bridgehead atoms. The van der Waals surface area contributed by atoms with Crippen molar-refractivity contribution in [3.63, 3.8) is 0 Å². The summed E-state index contributed by atoms with van der Waals surface area (Å²) in [6.45, 7) is 0. The molecule has 2 aromatic carbocycles. The van der Waals surface area contributed by atoms with Crippen molar-refractivity contribution in [3.8, 4) is 11.5 Å². The van der Waals surface area contributed by atoms with E-state index >= 15 is 0 Å². The molecule has 0 fully saturated rings. The molecule has 2 aromatic rings. The molecule has 0 saturated heterocycles. The molecule has 0 aromatic heterocycles. The van der Waals surface area contributed by atoms with Gasteiger partial charge in [0, 0.05) is 16.8 Å². The second-order valence-electron chi connectivity index (χ2n) is 3.37. The Labute approximate surface area is 123 Å². The maximum atomic E-state index is 6.02. The Morgan fingerprint density at radius 1 is 1.00 bits per heavy atom. The third-order valence-corrected chi connectivity index (χ3v) is 3.46. The third-order valence-electron chi connectivity index (χ3n) is 2.07. The van der Waals surface area contributed by atoms with Crippen LogP contribution in [0, 0.1) is 3.57 Å². The summed E-state index contributed by atoms with van der Waals surface area (Å²) in [6.07, 6.45) is 0. The maximum absolute atomic E-state index is 6.02. The molecule has 0 aliphatic heterocycles. The summed E-state index contributed by atoms with van der Waals surface area (Å²) in [5.74, 6) is 1.23. The summed E-state index contributed by atoms with van der Waals surface area (Å²) >= 11 is 14.1. The zero-order valence-corrected chi connectivity index (χ0v) is 12.3. The van der Waals surface area contributed by atoms with Gasteiger partial charge < -0.3 is 10.5 Å². The molecule has 2 nitrogen and oxygen atoms in total. The smallest absolute Gasteiger partial charge is 0.147 e. The lowest BCUT2D eigenvalue weighted by molar-refractivity contribution is 0.479. The molecule has 0 aliphatic rings. The fraction of sp³-hybridized carbons (Fsp3) is 0. The topological polar surface area (TPSA) is 35.2 Å². The van der Waals surface area contributed by atoms with Gasteiger partial charge in [-0.1, -0.05) is 23.2 Å². The van der Waals surface area contributed by atoms with Crippen molar-refractivity contribution < 1.29 is 4.74 Å². The molecule has 2 N–H and O–H groups in total. The molecule has 0 aliphatic carbocycles. The summed E-state index contributed by atoms with van der Waals surface area (Å²) in [5, 5.41) is 1.09. The van der Waals surface area contributed by atoms with E-state index in [1.807, 2.05) is 6.07 Å². The second-order valence-corrected chi connectivity index (χ2v) is 5.37. The van der Waals surface area contributed by atoms with Gasteiger partial charge in [-0.3, -0.25) is 0 Å². The van der Waals surface area contributed by atoms with Crippen molar-refractivity contribution >= 4 is 51.5 Å². The van der Waals surface area contributed by atoms with Gasteiger partial charge in [-0.15, -0.1) is 0 Å². The number of benzene rings is 2. The first-order valence-corrected chi connectivity index (χ1v) is 6.57. The molecule has 0 amide bonds. The van der Waals surface area contributed by atoms with Crippen LogP contribution in [0.15, 0.2) is 36.4 Å². The Hall–Kier alpha value is -0.650. The highest BCUT2D eigenvalue weighted by molar-refractivity contribution is 14.1. The second kappa shape index (κ2) is 5.33. The van der Waals surface area contributed by atoms with Crippen LogP contribution in [0.4, 0.5) is 5.69 Å². The zero-order chi connectivity index (χ0) is 12.4. The van der Waals surface area contributed by atoms with E-state index in [4.69, 9.17) is 33.7 Å². The van der Waals surface area contributed by atoms with Crippen molar-refractivity contribution in [1.82, 2.24) is 0 Å². The average Bonchev–Trinajstić information content (AvgIpc) is 2.27. The largest absolute Gasteiger partial charge is 0.455 e. The number of hydrogen-bond donors (Lipinski definition) is 1. The Kier molecular flexibility index (Phi) is 4.01. The monoisotopic (exact) mass is 379 g/mol. The Balaban J connectivity index is 2.34. The van der Waals surface area contributed by atoms with E-state index in [1.54, 1.807) is 30.3 Å². The highest BCUT2D eigenvalue weighted by Gasteiger charge is 2.07. The van der Waals surface area contributed by atoms with Gasteiger partial charge in [-0.05, 0) is 52.9 Å². The molecule has 0 radical (unpaired) electrons. The van der Waals surface area contributed by atoms with Gasteiger partial charge in [0.05, 0.1) is 8.59 Å². The molecule has 2 rings (SSSR count). The molecular formula is C12H8Cl2INO. The molecule has 0 heterocycles. The fourth-order valence-electron chi connectivity index (χ4n) is 1.27. The van der Waals surface area contributed by atoms with E-state index in [0.29, 0.717) is 27.2 Å². The lowest BCUT2D eigenvalue weighted by Gasteiger charge is -2.10. The van der Waals surface area contributed by atoms with Crippen LogP contribution in [0.2, 0.25) is 10.0 Å². The fourth-order valence-corrected chi connectivity index (χ4v) is 2.24. The quantitative estimate of drug-likeness (QED) is 0.590. The molecule has 0 atom stereocenters. The molecule has 0 spiro atoms. The van der Waals surface area contributed by atoms with Gasteiger partial charge in [0.25, 0.3) is 0 Å². The standard InChI is InChI=1S/C12H8Cl2INO/c13-7-1-3-9(14)12(5-7)17-11-4-2-8(16)6-10(11)15/h1-6H,16H2. The highest BCUT2D eigenvalue weighted by atomic mass is 127. The third kappa shape index (κ3) is 3.18. The van der Waals surface area contributed by atoms with E-state index in [-0.39, 0.29) is 0 Å². The molecule has 17 heavy (non-hydrogen) atoms. The SMILES string of the molecule is Nc1ccc(Oc2cc(Cl)ccc2Cl)c(I)c1. The van der Waals surface area contributed by atoms with Crippen molar-refractivity contribution in [3.05, 3.63) is 50.0 Å². The first-order chi connectivity index (χ1) is 8.06. The van der Waals surface area contributed by atoms with E-state index in [2.05, 4.69) is 22.6 Å².